The van der Waals surface area contributed by atoms with Gasteiger partial charge in [-0.3, -0.25) is 0 Å². The van der Waals surface area contributed by atoms with E-state index in [4.69, 9.17) is 0 Å². The highest BCUT2D eigenvalue weighted by Gasteiger charge is 1.98. The van der Waals surface area contributed by atoms with Crippen molar-refractivity contribution in [3.05, 3.63) is 42.4 Å². The molecule has 0 atom stereocenters. The molecule has 0 fully saturated rings. The second-order valence-corrected chi connectivity index (χ2v) is 3.25. The van der Waals surface area contributed by atoms with Gasteiger partial charge in [-0.25, -0.2) is 9.67 Å². The third-order valence-corrected chi connectivity index (χ3v) is 2.13. The van der Waals surface area contributed by atoms with E-state index in [1.807, 2.05) is 30.6 Å². The van der Waals surface area contributed by atoms with E-state index in [-0.39, 0.29) is 0 Å². The van der Waals surface area contributed by atoms with Crippen LogP contribution in [-0.4, -0.2) is 21.3 Å². The minimum absolute atomic E-state index is 0.857. The number of aromatic nitrogens is 3. The molecule has 0 unspecified atom stereocenters. The maximum atomic E-state index is 4.26. The molecule has 0 saturated carbocycles. The molecular weight excluding hydrogens is 188 g/mol. The van der Waals surface area contributed by atoms with Gasteiger partial charge in [0, 0.05) is 25.1 Å². The Bertz CT molecular complexity index is 408. The van der Waals surface area contributed by atoms with Gasteiger partial charge < -0.3 is 5.32 Å². The highest BCUT2D eigenvalue weighted by Crippen LogP contribution is 2.05. The zero-order valence-corrected chi connectivity index (χ0v) is 8.72. The highest BCUT2D eigenvalue weighted by atomic mass is 15.3. The molecule has 0 bridgehead atoms. The van der Waals surface area contributed by atoms with Gasteiger partial charge in [0.15, 0.2) is 5.82 Å². The third kappa shape index (κ3) is 2.41. The van der Waals surface area contributed by atoms with Crippen molar-refractivity contribution in [2.45, 2.75) is 13.5 Å². The Morgan fingerprint density at radius 1 is 1.40 bits per heavy atom. The Balaban J connectivity index is 2.19. The zero-order valence-electron chi connectivity index (χ0n) is 8.72. The minimum Gasteiger partial charge on any atom is -0.313 e. The fraction of sp³-hybridized carbons (Fsp3) is 0.273. The summed E-state index contributed by atoms with van der Waals surface area (Å²) in [5.41, 5.74) is 1.22. The lowest BCUT2D eigenvalue weighted by atomic mass is 10.2. The lowest BCUT2D eigenvalue weighted by Gasteiger charge is -2.04. The number of rotatable bonds is 4. The standard InChI is InChI=1S/C11H14N4/c1-2-12-9-10-4-6-13-11(8-10)15-7-3-5-14-15/h3-8,12H,2,9H2,1H3. The molecule has 78 valence electrons. The summed E-state index contributed by atoms with van der Waals surface area (Å²) in [5.74, 6) is 0.857. The average Bonchev–Trinajstić information content (AvgIpc) is 2.80. The van der Waals surface area contributed by atoms with Crippen LogP contribution in [0.2, 0.25) is 0 Å². The molecule has 4 heteroatoms. The third-order valence-electron chi connectivity index (χ3n) is 2.13. The number of hydrogen-bond acceptors (Lipinski definition) is 3. The molecule has 0 saturated heterocycles. The van der Waals surface area contributed by atoms with Gasteiger partial charge in [0.1, 0.15) is 0 Å². The first-order valence-corrected chi connectivity index (χ1v) is 5.06. The summed E-state index contributed by atoms with van der Waals surface area (Å²) in [5, 5.41) is 7.42. The predicted octanol–water partition coefficient (Wildman–Crippen LogP) is 1.38. The first-order valence-electron chi connectivity index (χ1n) is 5.06. The number of nitrogens with one attached hydrogen (secondary N) is 1. The van der Waals surface area contributed by atoms with Crippen LogP contribution in [0.3, 0.4) is 0 Å². The summed E-state index contributed by atoms with van der Waals surface area (Å²) < 4.78 is 1.76. The van der Waals surface area contributed by atoms with Crippen LogP contribution in [0.5, 0.6) is 0 Å². The fourth-order valence-electron chi connectivity index (χ4n) is 1.37. The first-order chi connectivity index (χ1) is 7.40. The maximum absolute atomic E-state index is 4.26. The molecule has 4 nitrogen and oxygen atoms in total. The van der Waals surface area contributed by atoms with Crippen molar-refractivity contribution >= 4 is 0 Å². The Kier molecular flexibility index (Phi) is 3.09. The van der Waals surface area contributed by atoms with Gasteiger partial charge in [0.25, 0.3) is 0 Å². The average molecular weight is 202 g/mol. The van der Waals surface area contributed by atoms with Gasteiger partial charge in [-0.1, -0.05) is 6.92 Å². The van der Waals surface area contributed by atoms with Crippen LogP contribution in [0.15, 0.2) is 36.8 Å². The van der Waals surface area contributed by atoms with Gasteiger partial charge in [-0.2, -0.15) is 5.10 Å². The van der Waals surface area contributed by atoms with E-state index in [0.717, 1.165) is 18.9 Å². The van der Waals surface area contributed by atoms with Crippen molar-refractivity contribution in [2.75, 3.05) is 6.54 Å². The van der Waals surface area contributed by atoms with Gasteiger partial charge in [0.05, 0.1) is 0 Å². The molecule has 15 heavy (non-hydrogen) atoms. The maximum Gasteiger partial charge on any atom is 0.153 e. The zero-order chi connectivity index (χ0) is 10.5. The second-order valence-electron chi connectivity index (χ2n) is 3.25. The Labute approximate surface area is 89.0 Å². The molecular formula is C11H14N4. The molecule has 0 aliphatic heterocycles. The lowest BCUT2D eigenvalue weighted by Crippen LogP contribution is -2.12. The molecule has 2 heterocycles. The molecule has 0 radical (unpaired) electrons. The van der Waals surface area contributed by atoms with Crippen LogP contribution in [-0.2, 0) is 6.54 Å². The largest absolute Gasteiger partial charge is 0.313 e. The van der Waals surface area contributed by atoms with E-state index in [1.165, 1.54) is 5.56 Å². The van der Waals surface area contributed by atoms with E-state index >= 15 is 0 Å². The first kappa shape index (κ1) is 9.86. The van der Waals surface area contributed by atoms with Crippen molar-refractivity contribution < 1.29 is 0 Å². The summed E-state index contributed by atoms with van der Waals surface area (Å²) in [7, 11) is 0. The van der Waals surface area contributed by atoms with Crippen molar-refractivity contribution in [3.8, 4) is 5.82 Å². The van der Waals surface area contributed by atoms with E-state index in [2.05, 4.69) is 22.3 Å². The Hall–Kier alpha value is -1.68. The normalized spacial score (nSPS) is 10.5. The van der Waals surface area contributed by atoms with Crippen LogP contribution in [0.25, 0.3) is 5.82 Å². The molecule has 0 aliphatic rings. The van der Waals surface area contributed by atoms with Crippen LogP contribution in [0.4, 0.5) is 0 Å². The fourth-order valence-corrected chi connectivity index (χ4v) is 1.37. The predicted molar refractivity (Wildman–Crippen MR) is 58.7 cm³/mol. The monoisotopic (exact) mass is 202 g/mol. The summed E-state index contributed by atoms with van der Waals surface area (Å²) in [6, 6.07) is 5.93. The molecule has 0 aromatic carbocycles. The lowest BCUT2D eigenvalue weighted by molar-refractivity contribution is 0.723. The van der Waals surface area contributed by atoms with Crippen molar-refractivity contribution in [3.63, 3.8) is 0 Å². The minimum atomic E-state index is 0.857. The number of pyridine rings is 1. The van der Waals surface area contributed by atoms with E-state index in [1.54, 1.807) is 10.9 Å². The molecule has 0 aliphatic carbocycles. The SMILES string of the molecule is CCNCc1ccnc(-n2cccn2)c1. The Morgan fingerprint density at radius 2 is 2.33 bits per heavy atom. The molecule has 2 aromatic heterocycles. The topological polar surface area (TPSA) is 42.7 Å². The van der Waals surface area contributed by atoms with Crippen LogP contribution >= 0.6 is 0 Å². The van der Waals surface area contributed by atoms with Gasteiger partial charge >= 0.3 is 0 Å². The smallest absolute Gasteiger partial charge is 0.153 e. The summed E-state index contributed by atoms with van der Waals surface area (Å²) in [4.78, 5) is 4.26. The summed E-state index contributed by atoms with van der Waals surface area (Å²) in [6.45, 7) is 3.93. The molecule has 0 amide bonds. The van der Waals surface area contributed by atoms with E-state index in [0.29, 0.717) is 0 Å². The van der Waals surface area contributed by atoms with Crippen LogP contribution in [0.1, 0.15) is 12.5 Å². The number of nitrogens with zero attached hydrogens (tertiary/aromatic N) is 3. The van der Waals surface area contributed by atoms with E-state index < -0.39 is 0 Å². The van der Waals surface area contributed by atoms with Crippen molar-refractivity contribution in [1.82, 2.24) is 20.1 Å². The van der Waals surface area contributed by atoms with Crippen molar-refractivity contribution in [1.29, 1.82) is 0 Å². The quantitative estimate of drug-likeness (QED) is 0.814. The van der Waals surface area contributed by atoms with Crippen molar-refractivity contribution in [2.24, 2.45) is 0 Å². The second kappa shape index (κ2) is 4.70. The summed E-state index contributed by atoms with van der Waals surface area (Å²) >= 11 is 0. The van der Waals surface area contributed by atoms with Gasteiger partial charge in [-0.05, 0) is 30.3 Å². The van der Waals surface area contributed by atoms with Gasteiger partial charge in [-0.15, -0.1) is 0 Å². The van der Waals surface area contributed by atoms with Gasteiger partial charge in [0.2, 0.25) is 0 Å². The molecule has 1 N–H and O–H groups in total. The highest BCUT2D eigenvalue weighted by molar-refractivity contribution is 5.26. The van der Waals surface area contributed by atoms with E-state index in [9.17, 15) is 0 Å². The van der Waals surface area contributed by atoms with Crippen LogP contribution in [0, 0.1) is 0 Å². The summed E-state index contributed by atoms with van der Waals surface area (Å²) in [6.07, 6.45) is 5.45. The molecule has 0 spiro atoms. The Morgan fingerprint density at radius 3 is 3.07 bits per heavy atom. The molecule has 2 rings (SSSR count). The number of hydrogen-bond donors (Lipinski definition) is 1. The van der Waals surface area contributed by atoms with Crippen LogP contribution < -0.4 is 5.32 Å². The molecule has 2 aromatic rings.